The zero-order chi connectivity index (χ0) is 22.9. The van der Waals surface area contributed by atoms with Gasteiger partial charge in [0.1, 0.15) is 33.2 Å². The Morgan fingerprint density at radius 1 is 0.939 bits per heavy atom. The number of methoxy groups -OCH3 is 2. The highest BCUT2D eigenvalue weighted by Crippen LogP contribution is 2.41. The third-order valence-corrected chi connectivity index (χ3v) is 6.67. The molecule has 0 saturated carbocycles. The predicted molar refractivity (Wildman–Crippen MR) is 135 cm³/mol. The average molecular weight is 474 g/mol. The highest BCUT2D eigenvalue weighted by molar-refractivity contribution is 7.80. The van der Waals surface area contributed by atoms with Crippen molar-refractivity contribution < 1.29 is 14.3 Å². The monoisotopic (exact) mass is 473 g/mol. The van der Waals surface area contributed by atoms with Crippen molar-refractivity contribution in [1.82, 2.24) is 4.98 Å². The number of thiazole rings is 1. The molecule has 0 aliphatic carbocycles. The predicted octanol–water partition coefficient (Wildman–Crippen LogP) is 5.44. The van der Waals surface area contributed by atoms with Crippen molar-refractivity contribution in [1.29, 1.82) is 0 Å². The van der Waals surface area contributed by atoms with E-state index in [0.717, 1.165) is 20.7 Å². The van der Waals surface area contributed by atoms with E-state index in [2.05, 4.69) is 12.6 Å². The molecular formula is C25H19N3O3S2. The molecule has 2 heterocycles. The molecule has 33 heavy (non-hydrogen) atoms. The number of ether oxygens (including phenoxy) is 2. The highest BCUT2D eigenvalue weighted by atomic mass is 32.1. The lowest BCUT2D eigenvalue weighted by Crippen LogP contribution is -2.32. The average Bonchev–Trinajstić information content (AvgIpc) is 3.42. The van der Waals surface area contributed by atoms with Crippen molar-refractivity contribution in [3.05, 3.63) is 83.6 Å². The van der Waals surface area contributed by atoms with Gasteiger partial charge in [-0.25, -0.2) is 14.9 Å². The van der Waals surface area contributed by atoms with Crippen LogP contribution in [0.3, 0.4) is 0 Å². The number of aromatic nitrogens is 1. The number of amides is 1. The Bertz CT molecular complexity index is 1390. The van der Waals surface area contributed by atoms with E-state index >= 15 is 0 Å². The molecule has 6 nitrogen and oxygen atoms in total. The highest BCUT2D eigenvalue weighted by Gasteiger charge is 2.35. The lowest BCUT2D eigenvalue weighted by atomic mass is 10.2. The van der Waals surface area contributed by atoms with Crippen molar-refractivity contribution in [3.63, 3.8) is 0 Å². The Labute approximate surface area is 200 Å². The summed E-state index contributed by atoms with van der Waals surface area (Å²) in [5.74, 6) is 1.53. The van der Waals surface area contributed by atoms with Gasteiger partial charge in [-0.1, -0.05) is 59.9 Å². The Morgan fingerprint density at radius 3 is 2.36 bits per heavy atom. The second kappa shape index (κ2) is 8.73. The quantitative estimate of drug-likeness (QED) is 0.310. The maximum atomic E-state index is 13.6. The summed E-state index contributed by atoms with van der Waals surface area (Å²) < 4.78 is 11.8. The Balaban J connectivity index is 1.68. The van der Waals surface area contributed by atoms with Gasteiger partial charge in [0.2, 0.25) is 0 Å². The van der Waals surface area contributed by atoms with Gasteiger partial charge in [0.25, 0.3) is 5.91 Å². The maximum Gasteiger partial charge on any atom is 0.284 e. The summed E-state index contributed by atoms with van der Waals surface area (Å²) in [6.45, 7) is 0. The van der Waals surface area contributed by atoms with Crippen LogP contribution in [-0.2, 0) is 4.79 Å². The van der Waals surface area contributed by atoms with Crippen LogP contribution >= 0.6 is 24.0 Å². The van der Waals surface area contributed by atoms with E-state index in [9.17, 15) is 4.79 Å². The first-order valence-corrected chi connectivity index (χ1v) is 11.4. The number of aliphatic imine (C=N–C) groups is 1. The zero-order valence-electron chi connectivity index (χ0n) is 17.9. The Kier molecular flexibility index (Phi) is 5.62. The molecule has 0 radical (unpaired) electrons. The molecule has 0 fully saturated rings. The van der Waals surface area contributed by atoms with Crippen molar-refractivity contribution in [2.24, 2.45) is 4.99 Å². The van der Waals surface area contributed by atoms with E-state index in [-0.39, 0.29) is 5.91 Å². The van der Waals surface area contributed by atoms with Gasteiger partial charge in [0, 0.05) is 10.5 Å². The number of anilines is 1. The standard InChI is InChI=1S/C25H19N3O3S2/c1-30-18-12-13-19(31-2)22-21(18)27-25(33-22)28-23(15-8-4-3-5-9-15)26-17(24(28)29)14-16-10-6-7-11-20(16)32/h3-14,32H,1-2H3/b17-14-. The van der Waals surface area contributed by atoms with Gasteiger partial charge in [-0.05, 0) is 29.8 Å². The molecule has 1 amide bonds. The molecule has 0 spiro atoms. The first kappa shape index (κ1) is 21.2. The minimum absolute atomic E-state index is 0.262. The molecule has 0 bridgehead atoms. The molecule has 4 aromatic rings. The summed E-state index contributed by atoms with van der Waals surface area (Å²) in [5.41, 5.74) is 2.57. The van der Waals surface area contributed by atoms with Crippen LogP contribution in [0.5, 0.6) is 11.5 Å². The van der Waals surface area contributed by atoms with Crippen molar-refractivity contribution in [2.45, 2.75) is 4.90 Å². The topological polar surface area (TPSA) is 64.0 Å². The van der Waals surface area contributed by atoms with Crippen LogP contribution in [0.15, 0.2) is 82.3 Å². The van der Waals surface area contributed by atoms with Crippen LogP contribution in [-0.4, -0.2) is 30.9 Å². The minimum Gasteiger partial charge on any atom is -0.495 e. The Hall–Kier alpha value is -3.62. The molecule has 8 heteroatoms. The van der Waals surface area contributed by atoms with E-state index in [0.29, 0.717) is 33.7 Å². The SMILES string of the molecule is COc1ccc(OC)c2sc(N3C(=O)/C(=C/c4ccccc4S)N=C3c3ccccc3)nc12. The maximum absolute atomic E-state index is 13.6. The molecule has 3 aromatic carbocycles. The van der Waals surface area contributed by atoms with Crippen LogP contribution in [0.2, 0.25) is 0 Å². The van der Waals surface area contributed by atoms with Gasteiger partial charge in [-0.3, -0.25) is 4.79 Å². The molecule has 1 aliphatic rings. The van der Waals surface area contributed by atoms with E-state index in [4.69, 9.17) is 19.5 Å². The third-order valence-electron chi connectivity index (χ3n) is 5.21. The Morgan fingerprint density at radius 2 is 1.64 bits per heavy atom. The molecule has 0 N–H and O–H groups in total. The zero-order valence-corrected chi connectivity index (χ0v) is 19.6. The number of amidine groups is 1. The van der Waals surface area contributed by atoms with Crippen molar-refractivity contribution >= 4 is 57.1 Å². The molecule has 0 saturated heterocycles. The lowest BCUT2D eigenvalue weighted by Gasteiger charge is -2.14. The largest absolute Gasteiger partial charge is 0.495 e. The summed E-state index contributed by atoms with van der Waals surface area (Å²) in [6.07, 6.45) is 1.75. The summed E-state index contributed by atoms with van der Waals surface area (Å²) in [7, 11) is 3.20. The van der Waals surface area contributed by atoms with Gasteiger partial charge >= 0.3 is 0 Å². The van der Waals surface area contributed by atoms with E-state index in [1.807, 2.05) is 60.7 Å². The van der Waals surface area contributed by atoms with Crippen molar-refractivity contribution in [2.75, 3.05) is 19.1 Å². The van der Waals surface area contributed by atoms with E-state index in [1.165, 1.54) is 11.3 Å². The fourth-order valence-electron chi connectivity index (χ4n) is 3.60. The summed E-state index contributed by atoms with van der Waals surface area (Å²) >= 11 is 5.86. The van der Waals surface area contributed by atoms with Gasteiger partial charge < -0.3 is 9.47 Å². The number of hydrogen-bond acceptors (Lipinski definition) is 7. The van der Waals surface area contributed by atoms with Crippen LogP contribution in [0.25, 0.3) is 16.3 Å². The smallest absolute Gasteiger partial charge is 0.284 e. The third kappa shape index (κ3) is 3.77. The number of carbonyl (C=O) groups excluding carboxylic acids is 1. The van der Waals surface area contributed by atoms with E-state index < -0.39 is 0 Å². The second-order valence-electron chi connectivity index (χ2n) is 7.17. The summed E-state index contributed by atoms with van der Waals surface area (Å²) in [4.78, 5) is 25.4. The number of nitrogens with zero attached hydrogens (tertiary/aromatic N) is 3. The first-order chi connectivity index (χ1) is 16.1. The van der Waals surface area contributed by atoms with Crippen LogP contribution < -0.4 is 14.4 Å². The van der Waals surface area contributed by atoms with Crippen LogP contribution in [0, 0.1) is 0 Å². The van der Waals surface area contributed by atoms with Gasteiger partial charge in [-0.2, -0.15) is 0 Å². The lowest BCUT2D eigenvalue weighted by molar-refractivity contribution is -0.113. The van der Waals surface area contributed by atoms with Crippen LogP contribution in [0.4, 0.5) is 5.13 Å². The number of rotatable bonds is 5. The minimum atomic E-state index is -0.262. The molecule has 1 aromatic heterocycles. The normalized spacial score (nSPS) is 14.8. The van der Waals surface area contributed by atoms with Gasteiger partial charge in [-0.15, -0.1) is 12.6 Å². The fraction of sp³-hybridized carbons (Fsp3) is 0.0800. The molecule has 5 rings (SSSR count). The number of hydrogen-bond donors (Lipinski definition) is 1. The summed E-state index contributed by atoms with van der Waals surface area (Å²) in [6, 6.07) is 20.8. The van der Waals surface area contributed by atoms with Crippen molar-refractivity contribution in [3.8, 4) is 11.5 Å². The van der Waals surface area contributed by atoms with Crippen LogP contribution in [0.1, 0.15) is 11.1 Å². The van der Waals surface area contributed by atoms with Gasteiger partial charge in [0.05, 0.1) is 14.2 Å². The number of fused-ring (bicyclic) bond motifs is 1. The molecule has 0 unspecified atom stereocenters. The molecule has 164 valence electrons. The number of thiol groups is 1. The van der Waals surface area contributed by atoms with E-state index in [1.54, 1.807) is 31.3 Å². The summed E-state index contributed by atoms with van der Waals surface area (Å²) in [5, 5.41) is 0.489. The molecular weight excluding hydrogens is 454 g/mol. The number of carbonyl (C=O) groups is 1. The molecule has 0 atom stereocenters. The van der Waals surface area contributed by atoms with Gasteiger partial charge in [0.15, 0.2) is 5.13 Å². The number of benzene rings is 3. The molecule has 1 aliphatic heterocycles. The fourth-order valence-corrected chi connectivity index (χ4v) is 4.90. The second-order valence-corrected chi connectivity index (χ2v) is 8.63. The first-order valence-electron chi connectivity index (χ1n) is 10.1.